The first-order chi connectivity index (χ1) is 7.25. The van der Waals surface area contributed by atoms with Crippen LogP contribution < -0.4 is 5.73 Å². The van der Waals surface area contributed by atoms with E-state index in [4.69, 9.17) is 5.73 Å². The molecule has 2 heterocycles. The second-order valence-electron chi connectivity index (χ2n) is 4.36. The number of hydrogen-bond acceptors (Lipinski definition) is 3. The van der Waals surface area contributed by atoms with Gasteiger partial charge < -0.3 is 5.73 Å². The average Bonchev–Trinajstić information content (AvgIpc) is 2.92. The summed E-state index contributed by atoms with van der Waals surface area (Å²) in [6.07, 6.45) is 2.25. The van der Waals surface area contributed by atoms with Crippen LogP contribution >= 0.6 is 0 Å². The van der Waals surface area contributed by atoms with Crippen LogP contribution in [-0.2, 0) is 5.41 Å². The van der Waals surface area contributed by atoms with Crippen LogP contribution in [0.25, 0.3) is 5.65 Å². The average molecular weight is 202 g/mol. The fourth-order valence-corrected chi connectivity index (χ4v) is 1.93. The molecule has 0 aromatic carbocycles. The first kappa shape index (κ1) is 8.85. The Morgan fingerprint density at radius 2 is 2.27 bits per heavy atom. The molecule has 2 N–H and O–H groups in total. The summed E-state index contributed by atoms with van der Waals surface area (Å²) in [5.74, 6) is 0.916. The zero-order valence-electron chi connectivity index (χ0n) is 8.77. The standard InChI is InChI=1S/C11H14N4/c1-8-3-2-4-9-13-10(14-15(8)9)11(7-12)5-6-11/h2-4H,5-7,12H2,1H3. The summed E-state index contributed by atoms with van der Waals surface area (Å²) >= 11 is 0. The number of rotatable bonds is 2. The van der Waals surface area contributed by atoms with E-state index >= 15 is 0 Å². The minimum absolute atomic E-state index is 0.0818. The zero-order valence-corrected chi connectivity index (χ0v) is 8.77. The van der Waals surface area contributed by atoms with E-state index in [1.165, 1.54) is 0 Å². The van der Waals surface area contributed by atoms with Gasteiger partial charge in [0.2, 0.25) is 0 Å². The predicted octanol–water partition coefficient (Wildman–Crippen LogP) is 1.03. The Morgan fingerprint density at radius 1 is 1.47 bits per heavy atom. The Morgan fingerprint density at radius 3 is 2.87 bits per heavy atom. The molecule has 0 saturated heterocycles. The van der Waals surface area contributed by atoms with Gasteiger partial charge in [0.1, 0.15) is 0 Å². The van der Waals surface area contributed by atoms with Gasteiger partial charge in [0.25, 0.3) is 0 Å². The quantitative estimate of drug-likeness (QED) is 0.791. The van der Waals surface area contributed by atoms with E-state index in [9.17, 15) is 0 Å². The van der Waals surface area contributed by atoms with Crippen molar-refractivity contribution in [3.8, 4) is 0 Å². The Bertz CT molecular complexity index is 510. The van der Waals surface area contributed by atoms with Crippen LogP contribution in [-0.4, -0.2) is 21.1 Å². The van der Waals surface area contributed by atoms with Crippen molar-refractivity contribution in [1.82, 2.24) is 14.6 Å². The molecule has 0 unspecified atom stereocenters. The third kappa shape index (κ3) is 1.18. The molecule has 1 aliphatic rings. The summed E-state index contributed by atoms with van der Waals surface area (Å²) in [7, 11) is 0. The van der Waals surface area contributed by atoms with E-state index in [2.05, 4.69) is 10.1 Å². The van der Waals surface area contributed by atoms with Crippen molar-refractivity contribution in [2.24, 2.45) is 5.73 Å². The van der Waals surface area contributed by atoms with Crippen LogP contribution in [0.3, 0.4) is 0 Å². The van der Waals surface area contributed by atoms with Crippen LogP contribution in [0.15, 0.2) is 18.2 Å². The van der Waals surface area contributed by atoms with Crippen LogP contribution in [0.2, 0.25) is 0 Å². The monoisotopic (exact) mass is 202 g/mol. The highest BCUT2D eigenvalue weighted by Crippen LogP contribution is 2.45. The second kappa shape index (κ2) is 2.79. The molecule has 0 atom stereocenters. The lowest BCUT2D eigenvalue weighted by Gasteiger charge is -2.04. The van der Waals surface area contributed by atoms with Crippen LogP contribution in [0.5, 0.6) is 0 Å². The number of aryl methyl sites for hydroxylation is 1. The Labute approximate surface area is 88.1 Å². The van der Waals surface area contributed by atoms with E-state index in [0.717, 1.165) is 30.0 Å². The van der Waals surface area contributed by atoms with E-state index in [1.54, 1.807) is 0 Å². The van der Waals surface area contributed by atoms with E-state index in [-0.39, 0.29) is 5.41 Å². The van der Waals surface area contributed by atoms with Crippen molar-refractivity contribution in [3.05, 3.63) is 29.7 Å². The molecular formula is C11H14N4. The van der Waals surface area contributed by atoms with E-state index in [0.29, 0.717) is 6.54 Å². The number of pyridine rings is 1. The molecule has 1 saturated carbocycles. The van der Waals surface area contributed by atoms with Crippen LogP contribution in [0.1, 0.15) is 24.4 Å². The lowest BCUT2D eigenvalue weighted by atomic mass is 10.1. The molecule has 0 radical (unpaired) electrons. The highest BCUT2D eigenvalue weighted by Gasteiger charge is 2.46. The normalized spacial score (nSPS) is 18.3. The van der Waals surface area contributed by atoms with Crippen molar-refractivity contribution < 1.29 is 0 Å². The maximum atomic E-state index is 5.77. The summed E-state index contributed by atoms with van der Waals surface area (Å²) < 4.78 is 1.89. The minimum atomic E-state index is 0.0818. The third-order valence-corrected chi connectivity index (χ3v) is 3.27. The fraction of sp³-hybridized carbons (Fsp3) is 0.455. The highest BCUT2D eigenvalue weighted by atomic mass is 15.3. The topological polar surface area (TPSA) is 56.2 Å². The van der Waals surface area contributed by atoms with Gasteiger partial charge >= 0.3 is 0 Å². The smallest absolute Gasteiger partial charge is 0.159 e. The fourth-order valence-electron chi connectivity index (χ4n) is 1.93. The first-order valence-electron chi connectivity index (χ1n) is 5.28. The summed E-state index contributed by atoms with van der Waals surface area (Å²) in [4.78, 5) is 4.55. The molecule has 4 nitrogen and oxygen atoms in total. The van der Waals surface area contributed by atoms with Crippen molar-refractivity contribution >= 4 is 5.65 Å². The van der Waals surface area contributed by atoms with Crippen molar-refractivity contribution in [3.63, 3.8) is 0 Å². The number of fused-ring (bicyclic) bond motifs is 1. The third-order valence-electron chi connectivity index (χ3n) is 3.27. The molecule has 78 valence electrons. The summed E-state index contributed by atoms with van der Waals surface area (Å²) in [6.45, 7) is 2.69. The van der Waals surface area contributed by atoms with Gasteiger partial charge in [-0.25, -0.2) is 9.50 Å². The number of aromatic nitrogens is 3. The summed E-state index contributed by atoms with van der Waals surface area (Å²) in [6, 6.07) is 6.02. The molecular weight excluding hydrogens is 188 g/mol. The molecule has 1 fully saturated rings. The van der Waals surface area contributed by atoms with Gasteiger partial charge in [0.05, 0.1) is 0 Å². The minimum Gasteiger partial charge on any atom is -0.329 e. The molecule has 1 aliphatic carbocycles. The molecule has 0 amide bonds. The first-order valence-corrected chi connectivity index (χ1v) is 5.28. The van der Waals surface area contributed by atoms with Crippen molar-refractivity contribution in [2.75, 3.05) is 6.54 Å². The molecule has 4 heteroatoms. The van der Waals surface area contributed by atoms with Gasteiger partial charge in [-0.2, -0.15) is 5.10 Å². The Hall–Kier alpha value is -1.42. The number of nitrogens with two attached hydrogens (primary N) is 1. The van der Waals surface area contributed by atoms with Gasteiger partial charge in [-0.1, -0.05) is 6.07 Å². The molecule has 0 bridgehead atoms. The Kier molecular flexibility index (Phi) is 1.65. The maximum Gasteiger partial charge on any atom is 0.159 e. The molecule has 2 aromatic rings. The number of nitrogens with zero attached hydrogens (tertiary/aromatic N) is 3. The second-order valence-corrected chi connectivity index (χ2v) is 4.36. The molecule has 15 heavy (non-hydrogen) atoms. The summed E-state index contributed by atoms with van der Waals surface area (Å²) in [5, 5.41) is 4.54. The SMILES string of the molecule is Cc1cccc2nc(C3(CN)CC3)nn12. The predicted molar refractivity (Wildman–Crippen MR) is 57.7 cm³/mol. The van der Waals surface area contributed by atoms with Gasteiger partial charge in [-0.15, -0.1) is 0 Å². The van der Waals surface area contributed by atoms with Crippen molar-refractivity contribution in [1.29, 1.82) is 0 Å². The van der Waals surface area contributed by atoms with Gasteiger partial charge in [0, 0.05) is 17.7 Å². The summed E-state index contributed by atoms with van der Waals surface area (Å²) in [5.41, 5.74) is 7.88. The van der Waals surface area contributed by atoms with Crippen LogP contribution in [0, 0.1) is 6.92 Å². The van der Waals surface area contributed by atoms with Gasteiger partial charge in [0.15, 0.2) is 11.5 Å². The Balaban J connectivity index is 2.19. The van der Waals surface area contributed by atoms with Gasteiger partial charge in [-0.3, -0.25) is 0 Å². The van der Waals surface area contributed by atoms with Gasteiger partial charge in [-0.05, 0) is 31.9 Å². The lowest BCUT2D eigenvalue weighted by molar-refractivity contribution is 0.645. The molecule has 0 aliphatic heterocycles. The van der Waals surface area contributed by atoms with Crippen molar-refractivity contribution in [2.45, 2.75) is 25.2 Å². The highest BCUT2D eigenvalue weighted by molar-refractivity contribution is 5.40. The zero-order chi connectivity index (χ0) is 10.5. The molecule has 3 rings (SSSR count). The lowest BCUT2D eigenvalue weighted by Crippen LogP contribution is -2.21. The van der Waals surface area contributed by atoms with Crippen LogP contribution in [0.4, 0.5) is 0 Å². The maximum absolute atomic E-state index is 5.77. The largest absolute Gasteiger partial charge is 0.329 e. The number of hydrogen-bond donors (Lipinski definition) is 1. The van der Waals surface area contributed by atoms with E-state index in [1.807, 2.05) is 29.6 Å². The molecule has 0 spiro atoms. The molecule has 2 aromatic heterocycles. The van der Waals surface area contributed by atoms with E-state index < -0.39 is 0 Å².